The number of nitrogens with zero attached hydrogens (tertiary/aromatic N) is 1. The molecule has 0 amide bonds. The van der Waals surface area contributed by atoms with Gasteiger partial charge in [0, 0.05) is 22.7 Å². The fourth-order valence-electron chi connectivity index (χ4n) is 6.25. The van der Waals surface area contributed by atoms with Crippen LogP contribution in [0.3, 0.4) is 0 Å². The minimum absolute atomic E-state index is 0.0305. The van der Waals surface area contributed by atoms with Crippen LogP contribution in [0.2, 0.25) is 0 Å². The van der Waals surface area contributed by atoms with Crippen molar-refractivity contribution < 1.29 is 45.4 Å². The van der Waals surface area contributed by atoms with Crippen LogP contribution in [0.15, 0.2) is 89.6 Å². The van der Waals surface area contributed by atoms with Crippen LogP contribution < -0.4 is 14.4 Å². The maximum absolute atomic E-state index is 15.3. The molecule has 1 aliphatic carbocycles. The van der Waals surface area contributed by atoms with Gasteiger partial charge in [0.25, 0.3) is 6.08 Å². The average Bonchev–Trinajstić information content (AvgIpc) is 3.28. The van der Waals surface area contributed by atoms with E-state index in [9.17, 15) is 13.6 Å². The number of furan rings is 1. The van der Waals surface area contributed by atoms with Crippen LogP contribution >= 0.6 is 0 Å². The molecule has 1 fully saturated rings. The van der Waals surface area contributed by atoms with Gasteiger partial charge in [0.2, 0.25) is 0 Å². The summed E-state index contributed by atoms with van der Waals surface area (Å²) in [5.41, 5.74) is -2.24. The molecule has 11 heteroatoms. The van der Waals surface area contributed by atoms with Crippen molar-refractivity contribution in [3.8, 4) is 22.8 Å². The zero-order chi connectivity index (χ0) is 30.7. The Kier molecular flexibility index (Phi) is 6.71. The molecular formula is C32H24F5NO5. The molecule has 3 atom stereocenters. The van der Waals surface area contributed by atoms with Gasteiger partial charge in [0.05, 0.1) is 32.9 Å². The van der Waals surface area contributed by atoms with E-state index in [4.69, 9.17) is 18.6 Å². The molecule has 0 bridgehead atoms. The van der Waals surface area contributed by atoms with Gasteiger partial charge in [-0.1, -0.05) is 12.1 Å². The highest BCUT2D eigenvalue weighted by Crippen LogP contribution is 2.76. The molecule has 4 aromatic rings. The number of ether oxygens (including phenoxy) is 3. The van der Waals surface area contributed by atoms with E-state index in [1.54, 1.807) is 6.07 Å². The van der Waals surface area contributed by atoms with E-state index in [0.29, 0.717) is 17.1 Å². The van der Waals surface area contributed by atoms with Crippen LogP contribution in [0.5, 0.6) is 11.5 Å². The molecule has 2 heterocycles. The predicted octanol–water partition coefficient (Wildman–Crippen LogP) is 7.80. The first-order chi connectivity index (χ1) is 20.6. The number of halogens is 5. The fraction of sp³-hybridized carbons (Fsp3) is 0.219. The lowest BCUT2D eigenvalue weighted by molar-refractivity contribution is -0.163. The van der Waals surface area contributed by atoms with Gasteiger partial charge in [0.15, 0.2) is 0 Å². The Morgan fingerprint density at radius 1 is 0.860 bits per heavy atom. The molecule has 6 rings (SSSR count). The number of rotatable bonds is 7. The number of hydrogen-bond acceptors (Lipinski definition) is 6. The Balaban J connectivity index is 1.56. The normalized spacial score (nSPS) is 20.2. The van der Waals surface area contributed by atoms with E-state index in [-0.39, 0.29) is 33.7 Å². The first-order valence-electron chi connectivity index (χ1n) is 13.1. The van der Waals surface area contributed by atoms with E-state index in [2.05, 4.69) is 0 Å². The van der Waals surface area contributed by atoms with Crippen molar-refractivity contribution in [3.05, 3.63) is 107 Å². The van der Waals surface area contributed by atoms with Crippen LogP contribution in [-0.4, -0.2) is 39.5 Å². The van der Waals surface area contributed by atoms with E-state index >= 15 is 13.2 Å². The number of alkyl halides is 3. The van der Waals surface area contributed by atoms with Crippen molar-refractivity contribution in [1.82, 2.24) is 0 Å². The summed E-state index contributed by atoms with van der Waals surface area (Å²) < 4.78 is 96.2. The van der Waals surface area contributed by atoms with E-state index < -0.39 is 41.3 Å². The number of fused-ring (bicyclic) bond motifs is 3. The smallest absolute Gasteiger partial charge is 0.401 e. The summed E-state index contributed by atoms with van der Waals surface area (Å²) in [6.45, 7) is 0. The highest BCUT2D eigenvalue weighted by atomic mass is 19.4. The topological polar surface area (TPSA) is 61.1 Å². The predicted molar refractivity (Wildman–Crippen MR) is 147 cm³/mol. The number of benzene rings is 3. The van der Waals surface area contributed by atoms with Crippen LogP contribution in [0.25, 0.3) is 17.0 Å². The maximum atomic E-state index is 15.3. The summed E-state index contributed by atoms with van der Waals surface area (Å²) in [6.07, 6.45) is -5.77. The van der Waals surface area contributed by atoms with Crippen molar-refractivity contribution in [2.75, 3.05) is 26.2 Å². The summed E-state index contributed by atoms with van der Waals surface area (Å²) >= 11 is 0. The second kappa shape index (κ2) is 10.2. The van der Waals surface area contributed by atoms with Crippen LogP contribution in [0.4, 0.5) is 27.6 Å². The monoisotopic (exact) mass is 597 g/mol. The number of esters is 1. The van der Waals surface area contributed by atoms with Gasteiger partial charge >= 0.3 is 12.1 Å². The van der Waals surface area contributed by atoms with Gasteiger partial charge in [-0.3, -0.25) is 0 Å². The number of carbonyl (C=O) groups is 1. The van der Waals surface area contributed by atoms with Gasteiger partial charge in [-0.05, 0) is 71.8 Å². The van der Waals surface area contributed by atoms with Gasteiger partial charge < -0.3 is 23.5 Å². The Bertz CT molecular complexity index is 1720. The quantitative estimate of drug-likeness (QED) is 0.160. The molecular weight excluding hydrogens is 573 g/mol. The molecule has 43 heavy (non-hydrogen) atoms. The summed E-state index contributed by atoms with van der Waals surface area (Å²) in [5, 5.41) is 0. The Labute approximate surface area is 242 Å². The lowest BCUT2D eigenvalue weighted by Gasteiger charge is -2.33. The largest absolute Gasteiger partial charge is 0.497 e. The summed E-state index contributed by atoms with van der Waals surface area (Å²) in [6, 6.07) is 15.8. The summed E-state index contributed by atoms with van der Waals surface area (Å²) in [4.78, 5) is 13.1. The highest BCUT2D eigenvalue weighted by Gasteiger charge is 2.84. The van der Waals surface area contributed by atoms with Crippen molar-refractivity contribution in [3.63, 3.8) is 0 Å². The van der Waals surface area contributed by atoms with Gasteiger partial charge in [0.1, 0.15) is 34.6 Å². The minimum atomic E-state index is -4.82. The van der Waals surface area contributed by atoms with Gasteiger partial charge in [-0.25, -0.2) is 4.79 Å². The highest BCUT2D eigenvalue weighted by molar-refractivity contribution is 5.92. The zero-order valence-electron chi connectivity index (χ0n) is 23.0. The molecule has 3 aromatic carbocycles. The number of anilines is 1. The number of hydrogen-bond donors (Lipinski definition) is 0. The van der Waals surface area contributed by atoms with Crippen molar-refractivity contribution in [2.24, 2.45) is 0 Å². The fourth-order valence-corrected chi connectivity index (χ4v) is 6.25. The summed E-state index contributed by atoms with van der Waals surface area (Å²) in [5.74, 6) is -0.889. The van der Waals surface area contributed by atoms with Crippen LogP contribution in [0, 0.1) is 0 Å². The van der Waals surface area contributed by atoms with E-state index in [0.717, 1.165) is 4.90 Å². The molecule has 1 aliphatic heterocycles. The Hall–Kier alpha value is -4.80. The second-order valence-corrected chi connectivity index (χ2v) is 10.2. The van der Waals surface area contributed by atoms with Crippen LogP contribution in [0.1, 0.15) is 33.0 Å². The Morgan fingerprint density at radius 3 is 2.05 bits per heavy atom. The second-order valence-electron chi connectivity index (χ2n) is 10.2. The third-order valence-electron chi connectivity index (χ3n) is 8.19. The standard InChI is InChI=1S/C32H24F5NO5/c1-40-21-9-4-17(5-10-21)27(29(33)34)38-24-13-6-18(25-15-19(16-43-25)30(39)42-3)14-23(24)26-28(38)31(26,32(35,36)37)20-7-11-22(41-2)12-8-20/h4-16,26,28H,1-3H3/t26-,28+,31+/m0/s1. The van der Waals surface area contributed by atoms with Gasteiger partial charge in [-0.15, -0.1) is 0 Å². The van der Waals surface area contributed by atoms with Crippen molar-refractivity contribution >= 4 is 17.4 Å². The molecule has 1 saturated carbocycles. The van der Waals surface area contributed by atoms with Crippen molar-refractivity contribution in [2.45, 2.75) is 23.6 Å². The molecule has 6 nitrogen and oxygen atoms in total. The van der Waals surface area contributed by atoms with E-state index in [1.807, 2.05) is 0 Å². The molecule has 0 unspecified atom stereocenters. The van der Waals surface area contributed by atoms with Crippen LogP contribution in [-0.2, 0) is 10.2 Å². The average molecular weight is 598 g/mol. The number of methoxy groups -OCH3 is 3. The lowest BCUT2D eigenvalue weighted by atomic mass is 9.87. The molecule has 2 aliphatic rings. The zero-order valence-corrected chi connectivity index (χ0v) is 23.0. The lowest BCUT2D eigenvalue weighted by Crippen LogP contribution is -2.40. The molecule has 0 saturated heterocycles. The minimum Gasteiger partial charge on any atom is -0.497 e. The number of carbonyl (C=O) groups excluding carboxylic acids is 1. The third kappa shape index (κ3) is 4.25. The maximum Gasteiger partial charge on any atom is 0.401 e. The molecule has 222 valence electrons. The molecule has 0 N–H and O–H groups in total. The molecule has 1 aromatic heterocycles. The first-order valence-corrected chi connectivity index (χ1v) is 13.1. The molecule has 0 spiro atoms. The first kappa shape index (κ1) is 28.3. The molecule has 0 radical (unpaired) electrons. The van der Waals surface area contributed by atoms with E-state index in [1.165, 1.54) is 94.3 Å². The third-order valence-corrected chi connectivity index (χ3v) is 8.19. The Morgan fingerprint density at radius 2 is 1.49 bits per heavy atom. The van der Waals surface area contributed by atoms with Gasteiger partial charge in [-0.2, -0.15) is 22.0 Å². The summed E-state index contributed by atoms with van der Waals surface area (Å²) in [7, 11) is 4.03. The SMILES string of the molecule is COC(=O)c1coc(-c2ccc3c(c2)[C@H]2[C@@H](N3C(=C(F)F)c3ccc(OC)cc3)[C@]2(c2ccc(OC)cc2)C(F)(F)F)c1. The van der Waals surface area contributed by atoms with Crippen molar-refractivity contribution in [1.29, 1.82) is 0 Å².